The van der Waals surface area contributed by atoms with Crippen LogP contribution in [0.3, 0.4) is 0 Å². The molecular weight excluding hydrogens is 244 g/mol. The number of anilines is 2. The van der Waals surface area contributed by atoms with Gasteiger partial charge < -0.3 is 10.2 Å². The first kappa shape index (κ1) is 11.5. The highest BCUT2D eigenvalue weighted by Crippen LogP contribution is 2.28. The Morgan fingerprint density at radius 2 is 2.22 bits per heavy atom. The maximum atomic E-state index is 4.22. The summed E-state index contributed by atoms with van der Waals surface area (Å²) >= 11 is 1.63. The fourth-order valence-electron chi connectivity index (χ4n) is 2.36. The molecule has 0 radical (unpaired) electrons. The third-order valence-electron chi connectivity index (χ3n) is 3.21. The molecule has 1 N–H and O–H groups in total. The molecule has 3 rings (SSSR count). The molecule has 94 valence electrons. The average Bonchev–Trinajstić information content (AvgIpc) is 2.87. The van der Waals surface area contributed by atoms with Crippen LogP contribution in [0, 0.1) is 0 Å². The molecule has 2 heterocycles. The fourth-order valence-corrected chi connectivity index (χ4v) is 3.07. The van der Waals surface area contributed by atoms with Crippen LogP contribution in [-0.4, -0.2) is 23.8 Å². The maximum absolute atomic E-state index is 4.22. The normalized spacial score (nSPS) is 14.4. The number of aromatic nitrogens is 2. The Kier molecular flexibility index (Phi) is 3.15. The summed E-state index contributed by atoms with van der Waals surface area (Å²) in [5, 5.41) is 13.3. The summed E-state index contributed by atoms with van der Waals surface area (Å²) in [6, 6.07) is 8.65. The number of nitrogens with zero attached hydrogens (tertiary/aromatic N) is 3. The SMILES string of the molecule is CNc1nnc(CN2CCCc3ccccc32)s1. The first-order valence-corrected chi connectivity index (χ1v) is 7.01. The van der Waals surface area contributed by atoms with Crippen LogP contribution in [0.15, 0.2) is 24.3 Å². The minimum absolute atomic E-state index is 0.858. The van der Waals surface area contributed by atoms with Gasteiger partial charge in [-0.25, -0.2) is 0 Å². The van der Waals surface area contributed by atoms with E-state index in [1.54, 1.807) is 11.3 Å². The summed E-state index contributed by atoms with van der Waals surface area (Å²) in [5.41, 5.74) is 2.80. The van der Waals surface area contributed by atoms with Gasteiger partial charge in [-0.05, 0) is 24.5 Å². The maximum Gasteiger partial charge on any atom is 0.205 e. The topological polar surface area (TPSA) is 41.1 Å². The van der Waals surface area contributed by atoms with Crippen molar-refractivity contribution < 1.29 is 0 Å². The van der Waals surface area contributed by atoms with Crippen molar-refractivity contribution >= 4 is 22.2 Å². The van der Waals surface area contributed by atoms with E-state index in [9.17, 15) is 0 Å². The van der Waals surface area contributed by atoms with E-state index in [4.69, 9.17) is 0 Å². The van der Waals surface area contributed by atoms with E-state index >= 15 is 0 Å². The summed E-state index contributed by atoms with van der Waals surface area (Å²) in [7, 11) is 1.88. The molecule has 18 heavy (non-hydrogen) atoms. The number of fused-ring (bicyclic) bond motifs is 1. The quantitative estimate of drug-likeness (QED) is 0.920. The summed E-state index contributed by atoms with van der Waals surface area (Å²) in [5.74, 6) is 0. The van der Waals surface area contributed by atoms with Crippen molar-refractivity contribution in [3.05, 3.63) is 34.8 Å². The lowest BCUT2D eigenvalue weighted by atomic mass is 10.0. The van der Waals surface area contributed by atoms with Crippen LogP contribution in [0.5, 0.6) is 0 Å². The van der Waals surface area contributed by atoms with Crippen LogP contribution in [0.25, 0.3) is 0 Å². The van der Waals surface area contributed by atoms with Gasteiger partial charge in [-0.15, -0.1) is 10.2 Å². The van der Waals surface area contributed by atoms with E-state index in [2.05, 4.69) is 44.7 Å². The Hall–Kier alpha value is -1.62. The second-order valence-corrected chi connectivity index (χ2v) is 5.47. The predicted molar refractivity (Wildman–Crippen MR) is 75.3 cm³/mol. The highest BCUT2D eigenvalue weighted by atomic mass is 32.1. The molecule has 0 saturated heterocycles. The van der Waals surface area contributed by atoms with Crippen LogP contribution in [0.1, 0.15) is 17.0 Å². The third-order valence-corrected chi connectivity index (χ3v) is 4.14. The molecule has 4 nitrogen and oxygen atoms in total. The van der Waals surface area contributed by atoms with Crippen molar-refractivity contribution in [2.24, 2.45) is 0 Å². The summed E-state index contributed by atoms with van der Waals surface area (Å²) in [4.78, 5) is 2.40. The Balaban J connectivity index is 1.81. The standard InChI is InChI=1S/C13H16N4S/c1-14-13-16-15-12(18-13)9-17-8-4-6-10-5-2-3-7-11(10)17/h2-3,5,7H,4,6,8-9H2,1H3,(H,14,16). The summed E-state index contributed by atoms with van der Waals surface area (Å²) < 4.78 is 0. The molecule has 0 amide bonds. The van der Waals surface area contributed by atoms with Gasteiger partial charge in [0.15, 0.2) is 0 Å². The van der Waals surface area contributed by atoms with Crippen LogP contribution < -0.4 is 10.2 Å². The molecule has 5 heteroatoms. The highest BCUT2D eigenvalue weighted by Gasteiger charge is 2.17. The van der Waals surface area contributed by atoms with Gasteiger partial charge >= 0.3 is 0 Å². The lowest BCUT2D eigenvalue weighted by molar-refractivity contribution is 0.686. The van der Waals surface area contributed by atoms with E-state index in [0.29, 0.717) is 0 Å². The van der Waals surface area contributed by atoms with E-state index in [-0.39, 0.29) is 0 Å². The predicted octanol–water partition coefficient (Wildman–Crippen LogP) is 2.53. The molecule has 0 atom stereocenters. The molecule has 1 aromatic heterocycles. The Morgan fingerprint density at radius 3 is 3.06 bits per heavy atom. The van der Waals surface area contributed by atoms with Crippen LogP contribution in [0.4, 0.5) is 10.8 Å². The van der Waals surface area contributed by atoms with Gasteiger partial charge in [0.2, 0.25) is 5.13 Å². The lowest BCUT2D eigenvalue weighted by Crippen LogP contribution is -2.28. The van der Waals surface area contributed by atoms with E-state index in [1.807, 2.05) is 7.05 Å². The number of hydrogen-bond donors (Lipinski definition) is 1. The molecule has 1 aliphatic rings. The van der Waals surface area contributed by atoms with Crippen molar-refractivity contribution in [2.45, 2.75) is 19.4 Å². The van der Waals surface area contributed by atoms with Gasteiger partial charge in [0.05, 0.1) is 6.54 Å². The number of aryl methyl sites for hydroxylation is 1. The Labute approximate surface area is 111 Å². The second-order valence-electron chi connectivity index (χ2n) is 4.40. The summed E-state index contributed by atoms with van der Waals surface area (Å²) in [6.45, 7) is 1.96. The van der Waals surface area contributed by atoms with Crippen molar-refractivity contribution in [1.82, 2.24) is 10.2 Å². The van der Waals surface area contributed by atoms with Gasteiger partial charge in [-0.3, -0.25) is 0 Å². The van der Waals surface area contributed by atoms with Crippen LogP contribution in [0.2, 0.25) is 0 Å². The molecule has 1 aromatic carbocycles. The minimum atomic E-state index is 0.858. The number of benzene rings is 1. The fraction of sp³-hybridized carbons (Fsp3) is 0.385. The first-order chi connectivity index (χ1) is 8.86. The molecule has 1 aliphatic heterocycles. The van der Waals surface area contributed by atoms with Gasteiger partial charge in [0, 0.05) is 19.3 Å². The third kappa shape index (κ3) is 2.18. The Morgan fingerprint density at radius 1 is 1.33 bits per heavy atom. The number of para-hydroxylation sites is 1. The number of hydrogen-bond acceptors (Lipinski definition) is 5. The Bertz CT molecular complexity index is 537. The second kappa shape index (κ2) is 4.94. The molecular formula is C13H16N4S. The monoisotopic (exact) mass is 260 g/mol. The minimum Gasteiger partial charge on any atom is -0.364 e. The molecule has 0 fully saturated rings. The van der Waals surface area contributed by atoms with E-state index in [1.165, 1.54) is 24.1 Å². The van der Waals surface area contributed by atoms with Crippen LogP contribution >= 0.6 is 11.3 Å². The molecule has 0 spiro atoms. The zero-order valence-corrected chi connectivity index (χ0v) is 11.2. The molecule has 0 aliphatic carbocycles. The molecule has 0 bridgehead atoms. The van der Waals surface area contributed by atoms with Crippen molar-refractivity contribution in [1.29, 1.82) is 0 Å². The largest absolute Gasteiger partial charge is 0.364 e. The average molecular weight is 260 g/mol. The first-order valence-electron chi connectivity index (χ1n) is 6.20. The van der Waals surface area contributed by atoms with E-state index in [0.717, 1.165) is 23.2 Å². The van der Waals surface area contributed by atoms with Gasteiger partial charge in [-0.1, -0.05) is 29.5 Å². The molecule has 2 aromatic rings. The number of nitrogens with one attached hydrogen (secondary N) is 1. The van der Waals surface area contributed by atoms with Gasteiger partial charge in [0.1, 0.15) is 5.01 Å². The smallest absolute Gasteiger partial charge is 0.205 e. The number of rotatable bonds is 3. The van der Waals surface area contributed by atoms with Crippen molar-refractivity contribution in [3.8, 4) is 0 Å². The van der Waals surface area contributed by atoms with Crippen LogP contribution in [-0.2, 0) is 13.0 Å². The molecule has 0 saturated carbocycles. The zero-order valence-electron chi connectivity index (χ0n) is 10.4. The lowest BCUT2D eigenvalue weighted by Gasteiger charge is -2.30. The molecule has 0 unspecified atom stereocenters. The van der Waals surface area contributed by atoms with Crippen molar-refractivity contribution in [2.75, 3.05) is 23.8 Å². The van der Waals surface area contributed by atoms with Gasteiger partial charge in [-0.2, -0.15) is 0 Å². The van der Waals surface area contributed by atoms with Crippen molar-refractivity contribution in [3.63, 3.8) is 0 Å². The highest BCUT2D eigenvalue weighted by molar-refractivity contribution is 7.15. The zero-order chi connectivity index (χ0) is 12.4. The van der Waals surface area contributed by atoms with Gasteiger partial charge in [0.25, 0.3) is 0 Å². The van der Waals surface area contributed by atoms with E-state index < -0.39 is 0 Å². The summed E-state index contributed by atoms with van der Waals surface area (Å²) in [6.07, 6.45) is 2.40.